The van der Waals surface area contributed by atoms with Crippen LogP contribution in [-0.2, 0) is 0 Å². The molecule has 1 aliphatic rings. The minimum absolute atomic E-state index is 0.0203. The number of nitrogens with zero attached hydrogens (tertiary/aromatic N) is 5. The van der Waals surface area contributed by atoms with Crippen LogP contribution in [0.3, 0.4) is 0 Å². The number of anilines is 1. The fraction of sp³-hybridized carbons (Fsp3) is 0.200. The van der Waals surface area contributed by atoms with Crippen molar-refractivity contribution in [1.29, 1.82) is 0 Å². The molecule has 1 aromatic carbocycles. The van der Waals surface area contributed by atoms with Crippen LogP contribution < -0.4 is 4.90 Å². The average molecular weight is 380 g/mol. The Hall–Kier alpha value is -2.99. The smallest absolute Gasteiger partial charge is 0.255 e. The van der Waals surface area contributed by atoms with Gasteiger partial charge in [-0.1, -0.05) is 23.7 Å². The van der Waals surface area contributed by atoms with E-state index in [1.54, 1.807) is 24.5 Å². The Morgan fingerprint density at radius 1 is 0.926 bits per heavy atom. The molecule has 1 fully saturated rings. The van der Waals surface area contributed by atoms with Crippen LogP contribution >= 0.6 is 11.6 Å². The van der Waals surface area contributed by atoms with E-state index in [2.05, 4.69) is 20.1 Å². The van der Waals surface area contributed by atoms with Crippen molar-refractivity contribution in [2.75, 3.05) is 31.1 Å². The first-order chi connectivity index (χ1) is 13.2. The molecule has 0 spiro atoms. The molecule has 0 unspecified atom stereocenters. The molecular weight excluding hydrogens is 362 g/mol. The second kappa shape index (κ2) is 7.72. The Kier molecular flexibility index (Phi) is 4.98. The van der Waals surface area contributed by atoms with E-state index < -0.39 is 0 Å². The van der Waals surface area contributed by atoms with E-state index in [-0.39, 0.29) is 5.91 Å². The Morgan fingerprint density at radius 3 is 2.33 bits per heavy atom. The Morgan fingerprint density at radius 2 is 1.70 bits per heavy atom. The van der Waals surface area contributed by atoms with Crippen LogP contribution in [0.5, 0.6) is 0 Å². The molecule has 7 heteroatoms. The molecule has 0 N–H and O–H groups in total. The van der Waals surface area contributed by atoms with Gasteiger partial charge in [0.25, 0.3) is 5.91 Å². The number of benzene rings is 1. The summed E-state index contributed by atoms with van der Waals surface area (Å²) >= 11 is 5.92. The topological polar surface area (TPSA) is 62.2 Å². The largest absolute Gasteiger partial charge is 0.352 e. The SMILES string of the molecule is O=C(c1cccnc1)N1CCN(c2ccc(-c3ccc(Cl)cc3)nn2)CC1. The first-order valence-electron chi connectivity index (χ1n) is 8.74. The van der Waals surface area contributed by atoms with Gasteiger partial charge in [0.1, 0.15) is 0 Å². The van der Waals surface area contributed by atoms with Gasteiger partial charge in [-0.05, 0) is 36.4 Å². The van der Waals surface area contributed by atoms with Gasteiger partial charge in [0.05, 0.1) is 11.3 Å². The summed E-state index contributed by atoms with van der Waals surface area (Å²) in [7, 11) is 0. The lowest BCUT2D eigenvalue weighted by Crippen LogP contribution is -2.49. The lowest BCUT2D eigenvalue weighted by Gasteiger charge is -2.35. The summed E-state index contributed by atoms with van der Waals surface area (Å²) in [4.78, 5) is 20.5. The van der Waals surface area contributed by atoms with E-state index in [0.717, 1.165) is 30.2 Å². The number of carbonyl (C=O) groups is 1. The summed E-state index contributed by atoms with van der Waals surface area (Å²) in [5.74, 6) is 0.841. The average Bonchev–Trinajstić information content (AvgIpc) is 2.75. The van der Waals surface area contributed by atoms with Gasteiger partial charge in [0.2, 0.25) is 0 Å². The maximum absolute atomic E-state index is 12.5. The summed E-state index contributed by atoms with van der Waals surface area (Å²) in [5.41, 5.74) is 2.41. The molecule has 6 nitrogen and oxygen atoms in total. The Balaban J connectivity index is 1.39. The molecule has 1 saturated heterocycles. The van der Waals surface area contributed by atoms with Crippen molar-refractivity contribution < 1.29 is 4.79 Å². The van der Waals surface area contributed by atoms with Crippen molar-refractivity contribution in [3.05, 3.63) is 71.5 Å². The molecule has 0 radical (unpaired) electrons. The molecule has 0 saturated carbocycles. The van der Waals surface area contributed by atoms with Gasteiger partial charge >= 0.3 is 0 Å². The molecule has 4 rings (SSSR count). The van der Waals surface area contributed by atoms with Gasteiger partial charge in [-0.2, -0.15) is 0 Å². The van der Waals surface area contributed by atoms with Crippen LogP contribution in [0.4, 0.5) is 5.82 Å². The molecule has 0 atom stereocenters. The summed E-state index contributed by atoms with van der Waals surface area (Å²) < 4.78 is 0. The van der Waals surface area contributed by atoms with Crippen LogP contribution in [0.1, 0.15) is 10.4 Å². The first kappa shape index (κ1) is 17.4. The molecule has 136 valence electrons. The summed E-state index contributed by atoms with van der Waals surface area (Å²) in [6, 6.07) is 15.0. The molecule has 3 heterocycles. The lowest BCUT2D eigenvalue weighted by atomic mass is 10.1. The van der Waals surface area contributed by atoms with Crippen molar-refractivity contribution in [2.24, 2.45) is 0 Å². The maximum Gasteiger partial charge on any atom is 0.255 e. The Bertz CT molecular complexity index is 907. The molecule has 2 aromatic heterocycles. The third-order valence-corrected chi connectivity index (χ3v) is 4.84. The van der Waals surface area contributed by atoms with Crippen LogP contribution in [0.2, 0.25) is 5.02 Å². The van der Waals surface area contributed by atoms with Gasteiger partial charge < -0.3 is 9.80 Å². The zero-order valence-electron chi connectivity index (χ0n) is 14.6. The highest BCUT2D eigenvalue weighted by atomic mass is 35.5. The van der Waals surface area contributed by atoms with Gasteiger partial charge in [0, 0.05) is 49.2 Å². The number of aromatic nitrogens is 3. The number of piperazine rings is 1. The van der Waals surface area contributed by atoms with E-state index in [1.807, 2.05) is 41.3 Å². The van der Waals surface area contributed by atoms with Crippen molar-refractivity contribution in [1.82, 2.24) is 20.1 Å². The van der Waals surface area contributed by atoms with Gasteiger partial charge in [-0.3, -0.25) is 9.78 Å². The van der Waals surface area contributed by atoms with Gasteiger partial charge in [0.15, 0.2) is 5.82 Å². The van der Waals surface area contributed by atoms with Crippen LogP contribution in [0.25, 0.3) is 11.3 Å². The quantitative estimate of drug-likeness (QED) is 0.699. The predicted molar refractivity (Wildman–Crippen MR) is 105 cm³/mol. The van der Waals surface area contributed by atoms with E-state index in [1.165, 1.54) is 0 Å². The monoisotopic (exact) mass is 379 g/mol. The molecule has 1 aliphatic heterocycles. The fourth-order valence-electron chi connectivity index (χ4n) is 3.08. The van der Waals surface area contributed by atoms with Crippen molar-refractivity contribution in [2.45, 2.75) is 0 Å². The number of amides is 1. The highest BCUT2D eigenvalue weighted by Crippen LogP contribution is 2.21. The third kappa shape index (κ3) is 3.90. The summed E-state index contributed by atoms with van der Waals surface area (Å²) in [6.07, 6.45) is 3.27. The third-order valence-electron chi connectivity index (χ3n) is 4.59. The number of rotatable bonds is 3. The zero-order chi connectivity index (χ0) is 18.6. The molecule has 1 amide bonds. The normalized spacial score (nSPS) is 14.3. The second-order valence-corrected chi connectivity index (χ2v) is 6.74. The molecule has 27 heavy (non-hydrogen) atoms. The predicted octanol–water partition coefficient (Wildman–Crippen LogP) is 3.15. The highest BCUT2D eigenvalue weighted by Gasteiger charge is 2.23. The standard InChI is InChI=1S/C20H18ClN5O/c21-17-5-3-15(4-6-17)18-7-8-19(24-23-18)25-10-12-26(13-11-25)20(27)16-2-1-9-22-14-16/h1-9,14H,10-13H2. The molecule has 0 aliphatic carbocycles. The number of pyridine rings is 1. The van der Waals surface area contributed by atoms with Crippen LogP contribution in [-0.4, -0.2) is 52.2 Å². The maximum atomic E-state index is 12.5. The number of hydrogen-bond donors (Lipinski definition) is 0. The molecular formula is C20H18ClN5O. The highest BCUT2D eigenvalue weighted by molar-refractivity contribution is 6.30. The van der Waals surface area contributed by atoms with Crippen molar-refractivity contribution in [3.63, 3.8) is 0 Å². The second-order valence-electron chi connectivity index (χ2n) is 6.30. The Labute approximate surface area is 162 Å². The zero-order valence-corrected chi connectivity index (χ0v) is 15.4. The summed E-state index contributed by atoms with van der Waals surface area (Å²) in [6.45, 7) is 2.74. The van der Waals surface area contributed by atoms with Gasteiger partial charge in [-0.15, -0.1) is 10.2 Å². The van der Waals surface area contributed by atoms with Crippen LogP contribution in [0, 0.1) is 0 Å². The van der Waals surface area contributed by atoms with E-state index in [0.29, 0.717) is 23.7 Å². The molecule has 3 aromatic rings. The van der Waals surface area contributed by atoms with Crippen LogP contribution in [0.15, 0.2) is 60.9 Å². The minimum atomic E-state index is 0.0203. The molecule has 0 bridgehead atoms. The fourth-order valence-corrected chi connectivity index (χ4v) is 3.20. The number of halogens is 1. The number of hydrogen-bond acceptors (Lipinski definition) is 5. The minimum Gasteiger partial charge on any atom is -0.352 e. The van der Waals surface area contributed by atoms with E-state index in [9.17, 15) is 4.79 Å². The number of carbonyl (C=O) groups excluding carboxylic acids is 1. The first-order valence-corrected chi connectivity index (χ1v) is 9.12. The van der Waals surface area contributed by atoms with E-state index in [4.69, 9.17) is 11.6 Å². The van der Waals surface area contributed by atoms with Crippen molar-refractivity contribution in [3.8, 4) is 11.3 Å². The van der Waals surface area contributed by atoms with E-state index >= 15 is 0 Å². The van der Waals surface area contributed by atoms with Crippen molar-refractivity contribution >= 4 is 23.3 Å². The summed E-state index contributed by atoms with van der Waals surface area (Å²) in [5, 5.41) is 9.39. The van der Waals surface area contributed by atoms with Gasteiger partial charge in [-0.25, -0.2) is 0 Å². The lowest BCUT2D eigenvalue weighted by molar-refractivity contribution is 0.0746.